The summed E-state index contributed by atoms with van der Waals surface area (Å²) in [6, 6.07) is 7.46. The quantitative estimate of drug-likeness (QED) is 0.851. The van der Waals surface area contributed by atoms with Crippen LogP contribution in [0.15, 0.2) is 34.9 Å². The van der Waals surface area contributed by atoms with Crippen LogP contribution in [-0.2, 0) is 11.3 Å². The van der Waals surface area contributed by atoms with Gasteiger partial charge in [-0.15, -0.1) is 5.10 Å². The van der Waals surface area contributed by atoms with E-state index in [0.717, 1.165) is 10.0 Å². The molecular formula is C13H13BrN4O3. The number of carboxylic acids is 1. The van der Waals surface area contributed by atoms with E-state index in [1.165, 1.54) is 10.9 Å². The van der Waals surface area contributed by atoms with E-state index in [0.29, 0.717) is 0 Å². The van der Waals surface area contributed by atoms with Gasteiger partial charge in [0.05, 0.1) is 12.2 Å². The van der Waals surface area contributed by atoms with Crippen molar-refractivity contribution in [3.63, 3.8) is 0 Å². The highest BCUT2D eigenvalue weighted by Crippen LogP contribution is 2.16. The number of carbonyl (C=O) groups is 2. The zero-order chi connectivity index (χ0) is 15.4. The van der Waals surface area contributed by atoms with Crippen molar-refractivity contribution in [1.29, 1.82) is 0 Å². The molecule has 2 N–H and O–H groups in total. The monoisotopic (exact) mass is 352 g/mol. The Balaban J connectivity index is 1.94. The zero-order valence-corrected chi connectivity index (χ0v) is 12.7. The van der Waals surface area contributed by atoms with Crippen LogP contribution in [0.5, 0.6) is 0 Å². The van der Waals surface area contributed by atoms with Crippen molar-refractivity contribution in [2.45, 2.75) is 19.5 Å². The molecule has 0 saturated heterocycles. The third-order valence-corrected chi connectivity index (χ3v) is 3.34. The number of halogens is 1. The summed E-state index contributed by atoms with van der Waals surface area (Å²) in [6.45, 7) is 1.78. The summed E-state index contributed by atoms with van der Waals surface area (Å²) < 4.78 is 2.15. The Kier molecular flexibility index (Phi) is 4.69. The van der Waals surface area contributed by atoms with E-state index in [2.05, 4.69) is 31.6 Å². The molecule has 1 amide bonds. The van der Waals surface area contributed by atoms with Crippen molar-refractivity contribution in [2.24, 2.45) is 0 Å². The Morgan fingerprint density at radius 2 is 2.05 bits per heavy atom. The average molecular weight is 353 g/mol. The van der Waals surface area contributed by atoms with Crippen molar-refractivity contribution in [2.75, 3.05) is 0 Å². The molecule has 110 valence electrons. The Morgan fingerprint density at radius 1 is 1.38 bits per heavy atom. The van der Waals surface area contributed by atoms with Crippen molar-refractivity contribution in [3.05, 3.63) is 46.2 Å². The first-order valence-electron chi connectivity index (χ1n) is 6.14. The zero-order valence-electron chi connectivity index (χ0n) is 11.2. The van der Waals surface area contributed by atoms with Gasteiger partial charge in [-0.3, -0.25) is 4.79 Å². The van der Waals surface area contributed by atoms with Gasteiger partial charge in [0.15, 0.2) is 5.69 Å². The van der Waals surface area contributed by atoms with Crippen molar-refractivity contribution in [3.8, 4) is 0 Å². The second-order valence-electron chi connectivity index (χ2n) is 4.45. The first-order valence-corrected chi connectivity index (χ1v) is 6.93. The number of carboxylic acid groups (broad SMARTS) is 1. The fourth-order valence-corrected chi connectivity index (χ4v) is 2.01. The van der Waals surface area contributed by atoms with Gasteiger partial charge in [-0.2, -0.15) is 0 Å². The average Bonchev–Trinajstić information content (AvgIpc) is 2.87. The van der Waals surface area contributed by atoms with Gasteiger partial charge in [0.2, 0.25) is 5.91 Å². The lowest BCUT2D eigenvalue weighted by Crippen LogP contribution is -2.30. The number of hydrogen-bond acceptors (Lipinski definition) is 4. The molecule has 0 spiro atoms. The Labute approximate surface area is 129 Å². The third-order valence-electron chi connectivity index (χ3n) is 2.81. The maximum atomic E-state index is 11.9. The maximum Gasteiger partial charge on any atom is 0.358 e. The highest BCUT2D eigenvalue weighted by molar-refractivity contribution is 9.10. The van der Waals surface area contributed by atoms with Gasteiger partial charge in [-0.05, 0) is 24.6 Å². The smallest absolute Gasteiger partial charge is 0.358 e. The molecule has 21 heavy (non-hydrogen) atoms. The SMILES string of the molecule is CC(NC(=O)Cn1cc(C(=O)O)nn1)c1ccc(Br)cc1. The lowest BCUT2D eigenvalue weighted by atomic mass is 10.1. The number of rotatable bonds is 5. The van der Waals surface area contributed by atoms with E-state index in [-0.39, 0.29) is 24.2 Å². The number of aromatic carboxylic acids is 1. The van der Waals surface area contributed by atoms with E-state index >= 15 is 0 Å². The second kappa shape index (κ2) is 6.49. The van der Waals surface area contributed by atoms with Gasteiger partial charge in [0, 0.05) is 4.47 Å². The van der Waals surface area contributed by atoms with Crippen LogP contribution in [0.2, 0.25) is 0 Å². The van der Waals surface area contributed by atoms with Crippen LogP contribution in [0, 0.1) is 0 Å². The molecule has 2 aromatic rings. The van der Waals surface area contributed by atoms with Crippen LogP contribution in [-0.4, -0.2) is 32.0 Å². The predicted octanol–water partition coefficient (Wildman–Crippen LogP) is 1.62. The molecule has 0 saturated carbocycles. The Morgan fingerprint density at radius 3 is 2.62 bits per heavy atom. The van der Waals surface area contributed by atoms with Gasteiger partial charge < -0.3 is 10.4 Å². The van der Waals surface area contributed by atoms with Crippen LogP contribution >= 0.6 is 15.9 Å². The van der Waals surface area contributed by atoms with Gasteiger partial charge in [0.25, 0.3) is 0 Å². The van der Waals surface area contributed by atoms with Gasteiger partial charge in [-0.25, -0.2) is 9.48 Å². The molecule has 0 aliphatic rings. The number of carbonyl (C=O) groups excluding carboxylic acids is 1. The highest BCUT2D eigenvalue weighted by atomic mass is 79.9. The van der Waals surface area contributed by atoms with Crippen molar-refractivity contribution < 1.29 is 14.7 Å². The van der Waals surface area contributed by atoms with E-state index < -0.39 is 5.97 Å². The van der Waals surface area contributed by atoms with E-state index in [1.54, 1.807) is 0 Å². The topological polar surface area (TPSA) is 97.1 Å². The molecule has 0 radical (unpaired) electrons. The lowest BCUT2D eigenvalue weighted by Gasteiger charge is -2.14. The number of aromatic nitrogens is 3. The number of nitrogens with one attached hydrogen (secondary N) is 1. The molecule has 0 bridgehead atoms. The number of hydrogen-bond donors (Lipinski definition) is 2. The minimum absolute atomic E-state index is 0.0822. The molecule has 1 aromatic heterocycles. The molecule has 0 aliphatic heterocycles. The van der Waals surface area contributed by atoms with Crippen LogP contribution < -0.4 is 5.32 Å². The second-order valence-corrected chi connectivity index (χ2v) is 5.36. The summed E-state index contributed by atoms with van der Waals surface area (Å²) in [4.78, 5) is 22.6. The molecular weight excluding hydrogens is 340 g/mol. The molecule has 0 fully saturated rings. The molecule has 7 nitrogen and oxygen atoms in total. The first-order chi connectivity index (χ1) is 9.95. The van der Waals surface area contributed by atoms with E-state index in [4.69, 9.17) is 5.11 Å². The Hall–Kier alpha value is -2.22. The number of nitrogens with zero attached hydrogens (tertiary/aromatic N) is 3. The Bertz CT molecular complexity index is 654. The number of amides is 1. The summed E-state index contributed by atoms with van der Waals surface area (Å²) >= 11 is 3.35. The summed E-state index contributed by atoms with van der Waals surface area (Å²) in [5, 5.41) is 18.6. The predicted molar refractivity (Wildman–Crippen MR) is 77.7 cm³/mol. The summed E-state index contributed by atoms with van der Waals surface area (Å²) in [5.74, 6) is -1.45. The van der Waals surface area contributed by atoms with Gasteiger partial charge in [-0.1, -0.05) is 33.3 Å². The van der Waals surface area contributed by atoms with Crippen LogP contribution in [0.1, 0.15) is 29.0 Å². The van der Waals surface area contributed by atoms with Gasteiger partial charge >= 0.3 is 5.97 Å². The molecule has 1 aromatic carbocycles. The summed E-state index contributed by atoms with van der Waals surface area (Å²) in [5.41, 5.74) is 0.778. The van der Waals surface area contributed by atoms with Crippen LogP contribution in [0.4, 0.5) is 0 Å². The van der Waals surface area contributed by atoms with Crippen LogP contribution in [0.3, 0.4) is 0 Å². The summed E-state index contributed by atoms with van der Waals surface area (Å²) in [6.07, 6.45) is 1.21. The van der Waals surface area contributed by atoms with E-state index in [9.17, 15) is 9.59 Å². The number of benzene rings is 1. The van der Waals surface area contributed by atoms with Gasteiger partial charge in [0.1, 0.15) is 6.54 Å². The minimum atomic E-state index is -1.18. The largest absolute Gasteiger partial charge is 0.476 e. The molecule has 1 heterocycles. The third kappa shape index (κ3) is 4.12. The molecule has 2 rings (SSSR count). The lowest BCUT2D eigenvalue weighted by molar-refractivity contribution is -0.122. The minimum Gasteiger partial charge on any atom is -0.476 e. The summed E-state index contributed by atoms with van der Waals surface area (Å²) in [7, 11) is 0. The fraction of sp³-hybridized carbons (Fsp3) is 0.231. The van der Waals surface area contributed by atoms with Crippen LogP contribution in [0.25, 0.3) is 0 Å². The van der Waals surface area contributed by atoms with Crippen molar-refractivity contribution >= 4 is 27.8 Å². The molecule has 1 unspecified atom stereocenters. The van der Waals surface area contributed by atoms with Crippen molar-refractivity contribution in [1.82, 2.24) is 20.3 Å². The first kappa shape index (κ1) is 15.2. The maximum absolute atomic E-state index is 11.9. The van der Waals surface area contributed by atoms with E-state index in [1.807, 2.05) is 31.2 Å². The molecule has 1 atom stereocenters. The highest BCUT2D eigenvalue weighted by Gasteiger charge is 2.13. The molecule has 0 aliphatic carbocycles. The standard InChI is InChI=1S/C13H13BrN4O3/c1-8(9-2-4-10(14)5-3-9)15-12(19)7-18-6-11(13(20)21)16-17-18/h2-6,8H,7H2,1H3,(H,15,19)(H,20,21). The normalized spacial score (nSPS) is 11.9. The fourth-order valence-electron chi connectivity index (χ4n) is 1.74. The molecule has 8 heteroatoms.